The summed E-state index contributed by atoms with van der Waals surface area (Å²) in [5.41, 5.74) is 1.05. The first-order valence-electron chi connectivity index (χ1n) is 5.64. The quantitative estimate of drug-likeness (QED) is 0.817. The summed E-state index contributed by atoms with van der Waals surface area (Å²) < 4.78 is 5.35. The first kappa shape index (κ1) is 10.1. The summed E-state index contributed by atoms with van der Waals surface area (Å²) >= 11 is 1.68. The van der Waals surface area contributed by atoms with Gasteiger partial charge in [0, 0.05) is 12.6 Å². The van der Waals surface area contributed by atoms with E-state index < -0.39 is 0 Å². The molecule has 2 aromatic heterocycles. The minimum absolute atomic E-state index is 0.893. The van der Waals surface area contributed by atoms with Gasteiger partial charge in [-0.05, 0) is 37.4 Å². The highest BCUT2D eigenvalue weighted by molar-refractivity contribution is 7.13. The predicted molar refractivity (Wildman–Crippen MR) is 64.3 cm³/mol. The van der Waals surface area contributed by atoms with Gasteiger partial charge in [0.1, 0.15) is 0 Å². The molecule has 0 bridgehead atoms. The van der Waals surface area contributed by atoms with Crippen molar-refractivity contribution < 1.29 is 4.52 Å². The third-order valence-corrected chi connectivity index (χ3v) is 3.79. The molecular formula is C12H14N2OS. The molecule has 3 nitrogen and oxygen atoms in total. The summed E-state index contributed by atoms with van der Waals surface area (Å²) in [5.74, 6) is 0.893. The molecule has 16 heavy (non-hydrogen) atoms. The van der Waals surface area contributed by atoms with Crippen molar-refractivity contribution in [1.29, 1.82) is 0 Å². The van der Waals surface area contributed by atoms with Crippen molar-refractivity contribution in [2.75, 3.05) is 13.1 Å². The molecule has 0 unspecified atom stereocenters. The molecule has 1 saturated heterocycles. The first-order valence-corrected chi connectivity index (χ1v) is 6.51. The number of likely N-dealkylation sites (tertiary alicyclic amines) is 1. The van der Waals surface area contributed by atoms with Crippen LogP contribution in [0.5, 0.6) is 0 Å². The Labute approximate surface area is 98.7 Å². The second-order valence-electron chi connectivity index (χ2n) is 4.14. The van der Waals surface area contributed by atoms with Crippen molar-refractivity contribution >= 4 is 11.3 Å². The molecule has 3 heterocycles. The van der Waals surface area contributed by atoms with E-state index in [4.69, 9.17) is 4.52 Å². The van der Waals surface area contributed by atoms with Crippen LogP contribution in [0.25, 0.3) is 10.6 Å². The lowest BCUT2D eigenvalue weighted by atomic mass is 10.3. The largest absolute Gasteiger partial charge is 0.355 e. The Morgan fingerprint density at radius 1 is 1.38 bits per heavy atom. The number of nitrogens with zero attached hydrogens (tertiary/aromatic N) is 2. The molecule has 1 fully saturated rings. The van der Waals surface area contributed by atoms with Crippen LogP contribution in [-0.4, -0.2) is 23.1 Å². The summed E-state index contributed by atoms with van der Waals surface area (Å²) in [6.07, 6.45) is 2.63. The Morgan fingerprint density at radius 3 is 3.00 bits per heavy atom. The monoisotopic (exact) mass is 234 g/mol. The highest BCUT2D eigenvalue weighted by atomic mass is 32.1. The molecule has 0 amide bonds. The van der Waals surface area contributed by atoms with E-state index in [0.717, 1.165) is 22.9 Å². The fourth-order valence-electron chi connectivity index (χ4n) is 2.09. The maximum Gasteiger partial charge on any atom is 0.177 e. The van der Waals surface area contributed by atoms with Crippen LogP contribution in [0.3, 0.4) is 0 Å². The van der Waals surface area contributed by atoms with Gasteiger partial charge in [0.15, 0.2) is 5.76 Å². The molecule has 2 aromatic rings. The zero-order valence-corrected chi connectivity index (χ0v) is 9.87. The van der Waals surface area contributed by atoms with Crippen LogP contribution in [-0.2, 0) is 6.54 Å². The van der Waals surface area contributed by atoms with Gasteiger partial charge in [-0.15, -0.1) is 11.3 Å². The average molecular weight is 234 g/mol. The molecule has 0 saturated carbocycles. The number of hydrogen-bond acceptors (Lipinski definition) is 4. The number of hydrogen-bond donors (Lipinski definition) is 0. The Balaban J connectivity index is 1.72. The van der Waals surface area contributed by atoms with Crippen molar-refractivity contribution in [2.45, 2.75) is 19.4 Å². The van der Waals surface area contributed by atoms with Crippen molar-refractivity contribution in [3.05, 3.63) is 29.3 Å². The highest BCUT2D eigenvalue weighted by Crippen LogP contribution is 2.25. The standard InChI is InChI=1S/C12H14N2OS/c1-2-6-14(5-1)9-10-8-11(15-13-10)12-4-3-7-16-12/h3-4,7-8H,1-2,5-6,9H2. The van der Waals surface area contributed by atoms with Gasteiger partial charge >= 0.3 is 0 Å². The van der Waals surface area contributed by atoms with Crippen molar-refractivity contribution in [1.82, 2.24) is 10.1 Å². The van der Waals surface area contributed by atoms with Gasteiger partial charge in [-0.25, -0.2) is 0 Å². The van der Waals surface area contributed by atoms with E-state index in [1.54, 1.807) is 11.3 Å². The zero-order chi connectivity index (χ0) is 10.8. The number of aromatic nitrogens is 1. The van der Waals surface area contributed by atoms with E-state index in [0.29, 0.717) is 0 Å². The van der Waals surface area contributed by atoms with Gasteiger partial charge in [0.25, 0.3) is 0 Å². The third-order valence-electron chi connectivity index (χ3n) is 2.91. The van der Waals surface area contributed by atoms with E-state index in [1.807, 2.05) is 6.07 Å². The number of thiophene rings is 1. The summed E-state index contributed by atoms with van der Waals surface area (Å²) in [7, 11) is 0. The SMILES string of the molecule is c1csc(-c2cc(CN3CCCC3)no2)c1. The molecule has 84 valence electrons. The maximum atomic E-state index is 5.35. The Hall–Kier alpha value is -1.13. The van der Waals surface area contributed by atoms with Gasteiger partial charge in [-0.2, -0.15) is 0 Å². The van der Waals surface area contributed by atoms with Crippen LogP contribution in [0.4, 0.5) is 0 Å². The molecular weight excluding hydrogens is 220 g/mol. The van der Waals surface area contributed by atoms with Crippen LogP contribution in [0.2, 0.25) is 0 Å². The topological polar surface area (TPSA) is 29.3 Å². The summed E-state index contributed by atoms with van der Waals surface area (Å²) in [6, 6.07) is 6.15. The van der Waals surface area contributed by atoms with E-state index in [1.165, 1.54) is 25.9 Å². The molecule has 3 rings (SSSR count). The maximum absolute atomic E-state index is 5.35. The highest BCUT2D eigenvalue weighted by Gasteiger charge is 2.14. The molecule has 1 aliphatic rings. The summed E-state index contributed by atoms with van der Waals surface area (Å²) in [4.78, 5) is 3.58. The predicted octanol–water partition coefficient (Wildman–Crippen LogP) is 3.00. The fraction of sp³-hybridized carbons (Fsp3) is 0.417. The van der Waals surface area contributed by atoms with Gasteiger partial charge in [0.2, 0.25) is 0 Å². The van der Waals surface area contributed by atoms with E-state index in [9.17, 15) is 0 Å². The molecule has 0 spiro atoms. The molecule has 0 atom stereocenters. The lowest BCUT2D eigenvalue weighted by Gasteiger charge is -2.10. The summed E-state index contributed by atoms with van der Waals surface area (Å²) in [5, 5.41) is 6.18. The minimum atomic E-state index is 0.893. The van der Waals surface area contributed by atoms with Gasteiger partial charge < -0.3 is 4.52 Å². The van der Waals surface area contributed by atoms with Crippen LogP contribution >= 0.6 is 11.3 Å². The van der Waals surface area contributed by atoms with Crippen molar-refractivity contribution in [3.8, 4) is 10.6 Å². The van der Waals surface area contributed by atoms with Crippen LogP contribution in [0.1, 0.15) is 18.5 Å². The van der Waals surface area contributed by atoms with Gasteiger partial charge in [0.05, 0.1) is 10.6 Å². The van der Waals surface area contributed by atoms with E-state index in [-0.39, 0.29) is 0 Å². The zero-order valence-electron chi connectivity index (χ0n) is 9.06. The average Bonchev–Trinajstić information content (AvgIpc) is 2.99. The van der Waals surface area contributed by atoms with E-state index in [2.05, 4.69) is 27.6 Å². The first-order chi connectivity index (χ1) is 7.92. The lowest BCUT2D eigenvalue weighted by molar-refractivity contribution is 0.315. The second kappa shape index (κ2) is 4.39. The second-order valence-corrected chi connectivity index (χ2v) is 5.09. The van der Waals surface area contributed by atoms with Crippen LogP contribution in [0.15, 0.2) is 28.1 Å². The molecule has 0 radical (unpaired) electrons. The van der Waals surface area contributed by atoms with Crippen molar-refractivity contribution in [3.63, 3.8) is 0 Å². The fourth-order valence-corrected chi connectivity index (χ4v) is 2.76. The molecule has 0 N–H and O–H groups in total. The van der Waals surface area contributed by atoms with E-state index >= 15 is 0 Å². The smallest absolute Gasteiger partial charge is 0.177 e. The van der Waals surface area contributed by atoms with Crippen LogP contribution < -0.4 is 0 Å². The summed E-state index contributed by atoms with van der Waals surface area (Å²) in [6.45, 7) is 3.32. The van der Waals surface area contributed by atoms with Crippen LogP contribution in [0, 0.1) is 0 Å². The number of rotatable bonds is 3. The normalized spacial score (nSPS) is 17.0. The Kier molecular flexibility index (Phi) is 2.76. The molecule has 4 heteroatoms. The Morgan fingerprint density at radius 2 is 2.25 bits per heavy atom. The van der Waals surface area contributed by atoms with Gasteiger partial charge in [-0.1, -0.05) is 11.2 Å². The third kappa shape index (κ3) is 2.03. The van der Waals surface area contributed by atoms with Gasteiger partial charge in [-0.3, -0.25) is 4.90 Å². The minimum Gasteiger partial charge on any atom is -0.355 e. The molecule has 1 aliphatic heterocycles. The van der Waals surface area contributed by atoms with Crippen molar-refractivity contribution in [2.24, 2.45) is 0 Å². The Bertz CT molecular complexity index is 443. The molecule has 0 aromatic carbocycles. The molecule has 0 aliphatic carbocycles. The lowest BCUT2D eigenvalue weighted by Crippen LogP contribution is -2.18.